The van der Waals surface area contributed by atoms with Gasteiger partial charge in [0.25, 0.3) is 0 Å². The van der Waals surface area contributed by atoms with Crippen molar-refractivity contribution in [1.82, 2.24) is 4.98 Å². The zero-order valence-electron chi connectivity index (χ0n) is 7.24. The van der Waals surface area contributed by atoms with Crippen molar-refractivity contribution in [3.05, 3.63) is 22.3 Å². The summed E-state index contributed by atoms with van der Waals surface area (Å²) in [5.41, 5.74) is 0.0480. The molecule has 0 spiro atoms. The number of hydrogen-bond acceptors (Lipinski definition) is 3. The predicted octanol–water partition coefficient (Wildman–Crippen LogP) is 1.17. The van der Waals surface area contributed by atoms with Crippen molar-refractivity contribution in [1.29, 1.82) is 0 Å². The quantitative estimate of drug-likeness (QED) is 0.787. The van der Waals surface area contributed by atoms with Gasteiger partial charge in [-0.1, -0.05) is 0 Å². The van der Waals surface area contributed by atoms with Crippen molar-refractivity contribution in [2.75, 3.05) is 7.11 Å². The minimum Gasteiger partial charge on any atom is -0.480 e. The Morgan fingerprint density at radius 1 is 1.69 bits per heavy atom. The number of carbonyl (C=O) groups is 1. The van der Waals surface area contributed by atoms with Gasteiger partial charge in [0.15, 0.2) is 0 Å². The van der Waals surface area contributed by atoms with Crippen LogP contribution in [0.5, 0.6) is 5.88 Å². The molecule has 65 valence electrons. The van der Waals surface area contributed by atoms with Crippen molar-refractivity contribution in [2.24, 2.45) is 0 Å². The number of hydrogen-bond donors (Lipinski definition) is 1. The number of aromatic carboxylic acids is 1. The molecule has 4 nitrogen and oxygen atoms in total. The van der Waals surface area contributed by atoms with Gasteiger partial charge in [-0.15, -0.1) is 0 Å². The van der Waals surface area contributed by atoms with Crippen LogP contribution in [0.2, 0.25) is 0 Å². The molecule has 0 saturated carbocycles. The number of aromatic nitrogens is 1. The molecule has 1 N–H and O–H groups in total. The number of halogens is 1. The summed E-state index contributed by atoms with van der Waals surface area (Å²) in [6, 6.07) is 1.44. The standard InChI is InChI=1S/C7H6BrNO3.Li/c1-12-6-5(7(10)11)2-4(8)3-9-6;/h2-3H,1H3,(H,10,11);. The van der Waals surface area contributed by atoms with Crippen molar-refractivity contribution in [3.63, 3.8) is 0 Å². The Kier molecular flexibility index (Phi) is 5.07. The summed E-state index contributed by atoms with van der Waals surface area (Å²) in [4.78, 5) is 14.4. The molecular weight excluding hydrogens is 233 g/mol. The van der Waals surface area contributed by atoms with E-state index < -0.39 is 5.97 Å². The van der Waals surface area contributed by atoms with Gasteiger partial charge in [0.1, 0.15) is 5.56 Å². The average Bonchev–Trinajstić information content (AvgIpc) is 2.04. The molecule has 0 unspecified atom stereocenters. The molecule has 1 radical (unpaired) electrons. The smallest absolute Gasteiger partial charge is 0.341 e. The SMILES string of the molecule is COc1ncc(Br)cc1C(=O)O.[Li]. The van der Waals surface area contributed by atoms with Gasteiger partial charge < -0.3 is 9.84 Å². The van der Waals surface area contributed by atoms with Crippen LogP contribution in [0.25, 0.3) is 0 Å². The molecular formula is C7H6BrLiNO3. The third kappa shape index (κ3) is 3.03. The van der Waals surface area contributed by atoms with Gasteiger partial charge in [0.05, 0.1) is 7.11 Å². The first-order chi connectivity index (χ1) is 5.65. The summed E-state index contributed by atoms with van der Waals surface area (Å²) in [5.74, 6) is -0.939. The number of carboxylic acids is 1. The van der Waals surface area contributed by atoms with E-state index >= 15 is 0 Å². The van der Waals surface area contributed by atoms with Crippen LogP contribution in [0.1, 0.15) is 10.4 Å². The van der Waals surface area contributed by atoms with E-state index in [1.54, 1.807) is 0 Å². The second-order valence-corrected chi connectivity index (χ2v) is 2.93. The Bertz CT molecular complexity index is 319. The van der Waals surface area contributed by atoms with Crippen molar-refractivity contribution in [3.8, 4) is 5.88 Å². The van der Waals surface area contributed by atoms with E-state index in [0.29, 0.717) is 4.47 Å². The zero-order valence-corrected chi connectivity index (χ0v) is 8.83. The maximum atomic E-state index is 10.6. The number of nitrogens with zero attached hydrogens (tertiary/aromatic N) is 1. The summed E-state index contributed by atoms with van der Waals surface area (Å²) >= 11 is 3.11. The summed E-state index contributed by atoms with van der Waals surface area (Å²) in [6.45, 7) is 0. The number of rotatable bonds is 2. The molecule has 1 rings (SSSR count). The van der Waals surface area contributed by atoms with Crippen molar-refractivity contribution >= 4 is 40.8 Å². The van der Waals surface area contributed by atoms with E-state index in [1.807, 2.05) is 0 Å². The van der Waals surface area contributed by atoms with Crippen LogP contribution in [0, 0.1) is 0 Å². The van der Waals surface area contributed by atoms with E-state index in [9.17, 15) is 4.79 Å². The molecule has 0 fully saturated rings. The predicted molar refractivity (Wildman–Crippen MR) is 51.2 cm³/mol. The summed E-state index contributed by atoms with van der Waals surface area (Å²) in [7, 11) is 1.38. The molecule has 1 aromatic rings. The molecule has 0 aliphatic carbocycles. The number of ether oxygens (including phenoxy) is 1. The van der Waals surface area contributed by atoms with Crippen LogP contribution in [0.3, 0.4) is 0 Å². The number of carboxylic acid groups (broad SMARTS) is 1. The Labute approximate surface area is 95.6 Å². The van der Waals surface area contributed by atoms with Gasteiger partial charge in [-0.05, 0) is 22.0 Å². The fraction of sp³-hybridized carbons (Fsp3) is 0.143. The summed E-state index contributed by atoms with van der Waals surface area (Å²) in [6.07, 6.45) is 1.48. The second-order valence-electron chi connectivity index (χ2n) is 2.02. The van der Waals surface area contributed by atoms with Crippen LogP contribution >= 0.6 is 15.9 Å². The normalized spacial score (nSPS) is 8.77. The van der Waals surface area contributed by atoms with Gasteiger partial charge >= 0.3 is 5.97 Å². The summed E-state index contributed by atoms with van der Waals surface area (Å²) < 4.78 is 5.36. The van der Waals surface area contributed by atoms with Crippen LogP contribution in [0.15, 0.2) is 16.7 Å². The molecule has 0 saturated heterocycles. The summed E-state index contributed by atoms with van der Waals surface area (Å²) in [5, 5.41) is 8.68. The molecule has 6 heteroatoms. The topological polar surface area (TPSA) is 59.4 Å². The molecule has 0 atom stereocenters. The minimum absolute atomic E-state index is 0. The third-order valence-electron chi connectivity index (χ3n) is 1.24. The molecule has 13 heavy (non-hydrogen) atoms. The van der Waals surface area contributed by atoms with Gasteiger partial charge in [0.2, 0.25) is 5.88 Å². The third-order valence-corrected chi connectivity index (χ3v) is 1.68. The number of methoxy groups -OCH3 is 1. The fourth-order valence-corrected chi connectivity index (χ4v) is 1.07. The fourth-order valence-electron chi connectivity index (χ4n) is 0.743. The molecule has 0 aliphatic rings. The Morgan fingerprint density at radius 3 is 2.77 bits per heavy atom. The Balaban J connectivity index is 0.00000144. The Hall–Kier alpha value is -0.503. The molecule has 1 aromatic heterocycles. The molecule has 0 amide bonds. The maximum absolute atomic E-state index is 10.6. The van der Waals surface area contributed by atoms with Crippen molar-refractivity contribution in [2.45, 2.75) is 0 Å². The van der Waals surface area contributed by atoms with Crippen molar-refractivity contribution < 1.29 is 14.6 Å². The molecule has 0 bridgehead atoms. The number of pyridine rings is 1. The molecule has 0 aliphatic heterocycles. The van der Waals surface area contributed by atoms with E-state index in [0.717, 1.165) is 0 Å². The van der Waals surface area contributed by atoms with Crippen LogP contribution < -0.4 is 4.74 Å². The Morgan fingerprint density at radius 2 is 2.31 bits per heavy atom. The van der Waals surface area contributed by atoms with Gasteiger partial charge in [-0.25, -0.2) is 9.78 Å². The first-order valence-corrected chi connectivity index (χ1v) is 3.87. The maximum Gasteiger partial charge on any atom is 0.341 e. The van der Waals surface area contributed by atoms with Gasteiger partial charge in [-0.3, -0.25) is 0 Å². The first-order valence-electron chi connectivity index (χ1n) is 3.08. The van der Waals surface area contributed by atoms with E-state index in [2.05, 4.69) is 20.9 Å². The molecule has 1 heterocycles. The van der Waals surface area contributed by atoms with E-state index in [4.69, 9.17) is 9.84 Å². The van der Waals surface area contributed by atoms with Crippen LogP contribution in [-0.2, 0) is 0 Å². The zero-order chi connectivity index (χ0) is 9.14. The molecule has 0 aromatic carbocycles. The first kappa shape index (κ1) is 12.5. The second kappa shape index (κ2) is 5.28. The largest absolute Gasteiger partial charge is 0.480 e. The van der Waals surface area contributed by atoms with Crippen LogP contribution in [-0.4, -0.2) is 42.0 Å². The average molecular weight is 239 g/mol. The van der Waals surface area contributed by atoms with Gasteiger partial charge in [0, 0.05) is 29.5 Å². The van der Waals surface area contributed by atoms with Crippen LogP contribution in [0.4, 0.5) is 0 Å². The monoisotopic (exact) mass is 238 g/mol. The van der Waals surface area contributed by atoms with Gasteiger partial charge in [-0.2, -0.15) is 0 Å². The van der Waals surface area contributed by atoms with E-state index in [1.165, 1.54) is 19.4 Å². The van der Waals surface area contributed by atoms with E-state index in [-0.39, 0.29) is 30.3 Å². The minimum atomic E-state index is -1.05.